The minimum Gasteiger partial charge on any atom is -0.481 e. The monoisotopic (exact) mass is 263 g/mol. The van der Waals surface area contributed by atoms with Crippen LogP contribution < -0.4 is 0 Å². The van der Waals surface area contributed by atoms with Gasteiger partial charge in [-0.1, -0.05) is 0 Å². The quantitative estimate of drug-likeness (QED) is 0.847. The van der Waals surface area contributed by atoms with Gasteiger partial charge in [-0.3, -0.25) is 4.79 Å². The van der Waals surface area contributed by atoms with Crippen molar-refractivity contribution < 1.29 is 9.90 Å². The van der Waals surface area contributed by atoms with Gasteiger partial charge in [0.25, 0.3) is 0 Å². The molecule has 1 saturated heterocycles. The normalized spacial score (nSPS) is 45.4. The molecule has 0 aromatic heterocycles. The molecule has 0 unspecified atom stereocenters. The van der Waals surface area contributed by atoms with Crippen molar-refractivity contribution in [2.75, 3.05) is 19.6 Å². The molecular formula is C16H25NO2. The summed E-state index contributed by atoms with van der Waals surface area (Å²) in [5.41, 5.74) is 0.656. The lowest BCUT2D eigenvalue weighted by Gasteiger charge is -2.57. The Kier molecular flexibility index (Phi) is 2.70. The van der Waals surface area contributed by atoms with Gasteiger partial charge in [0, 0.05) is 13.1 Å². The highest BCUT2D eigenvalue weighted by molar-refractivity contribution is 5.71. The molecule has 106 valence electrons. The standard InChI is InChI=1S/C16H25NO2/c18-15(19)14-9-17(10-14)2-1-16-6-11-3-12(7-16)5-13(4-11)8-16/h11-14H,1-10H2,(H,18,19). The minimum atomic E-state index is -0.606. The van der Waals surface area contributed by atoms with Crippen molar-refractivity contribution >= 4 is 5.97 Å². The minimum absolute atomic E-state index is 0.0867. The van der Waals surface area contributed by atoms with E-state index in [2.05, 4.69) is 4.90 Å². The van der Waals surface area contributed by atoms with Gasteiger partial charge in [0.1, 0.15) is 0 Å². The maximum absolute atomic E-state index is 10.8. The van der Waals surface area contributed by atoms with Gasteiger partial charge < -0.3 is 10.0 Å². The summed E-state index contributed by atoms with van der Waals surface area (Å²) in [6.07, 6.45) is 10.3. The van der Waals surface area contributed by atoms with Crippen LogP contribution in [0.25, 0.3) is 0 Å². The van der Waals surface area contributed by atoms with E-state index in [0.29, 0.717) is 5.41 Å². The Hall–Kier alpha value is -0.570. The molecule has 3 nitrogen and oxygen atoms in total. The first-order valence-electron chi connectivity index (χ1n) is 8.07. The van der Waals surface area contributed by atoms with Crippen molar-refractivity contribution in [2.45, 2.75) is 44.9 Å². The molecule has 4 aliphatic carbocycles. The van der Waals surface area contributed by atoms with E-state index in [4.69, 9.17) is 5.11 Å². The van der Waals surface area contributed by atoms with Crippen LogP contribution in [-0.2, 0) is 4.79 Å². The van der Waals surface area contributed by atoms with Gasteiger partial charge in [-0.2, -0.15) is 0 Å². The van der Waals surface area contributed by atoms with Crippen molar-refractivity contribution in [1.29, 1.82) is 0 Å². The van der Waals surface area contributed by atoms with Crippen molar-refractivity contribution in [2.24, 2.45) is 29.1 Å². The van der Waals surface area contributed by atoms with Crippen molar-refractivity contribution in [3.8, 4) is 0 Å². The van der Waals surface area contributed by atoms with Crippen molar-refractivity contribution in [3.63, 3.8) is 0 Å². The van der Waals surface area contributed by atoms with E-state index in [9.17, 15) is 4.79 Å². The highest BCUT2D eigenvalue weighted by Gasteiger charge is 2.50. The number of hydrogen-bond acceptors (Lipinski definition) is 2. The average Bonchev–Trinajstić information content (AvgIpc) is 2.23. The van der Waals surface area contributed by atoms with Crippen LogP contribution in [0.15, 0.2) is 0 Å². The van der Waals surface area contributed by atoms with E-state index in [1.807, 2.05) is 0 Å². The lowest BCUT2D eigenvalue weighted by Crippen LogP contribution is -2.52. The number of nitrogens with zero attached hydrogens (tertiary/aromatic N) is 1. The Morgan fingerprint density at radius 2 is 1.58 bits per heavy atom. The number of likely N-dealkylation sites (tertiary alicyclic amines) is 1. The summed E-state index contributed by atoms with van der Waals surface area (Å²) in [7, 11) is 0. The van der Waals surface area contributed by atoms with Gasteiger partial charge in [0.15, 0.2) is 0 Å². The van der Waals surface area contributed by atoms with Crippen molar-refractivity contribution in [3.05, 3.63) is 0 Å². The molecule has 0 amide bonds. The van der Waals surface area contributed by atoms with Crippen LogP contribution in [0.3, 0.4) is 0 Å². The Balaban J connectivity index is 1.32. The predicted molar refractivity (Wildman–Crippen MR) is 72.8 cm³/mol. The molecule has 5 aliphatic rings. The third kappa shape index (κ3) is 2.10. The van der Waals surface area contributed by atoms with E-state index in [1.165, 1.54) is 44.9 Å². The summed E-state index contributed by atoms with van der Waals surface area (Å²) < 4.78 is 0. The molecule has 0 spiro atoms. The zero-order chi connectivity index (χ0) is 13.0. The predicted octanol–water partition coefficient (Wildman–Crippen LogP) is 2.61. The highest BCUT2D eigenvalue weighted by atomic mass is 16.4. The fourth-order valence-electron chi connectivity index (χ4n) is 5.90. The Labute approximate surface area is 115 Å². The molecule has 4 saturated carbocycles. The number of rotatable bonds is 4. The third-order valence-electron chi connectivity index (χ3n) is 6.43. The van der Waals surface area contributed by atoms with Crippen LogP contribution in [-0.4, -0.2) is 35.6 Å². The first-order chi connectivity index (χ1) is 9.12. The molecule has 3 heteroatoms. The average molecular weight is 263 g/mol. The lowest BCUT2D eigenvalue weighted by atomic mass is 9.49. The molecule has 5 rings (SSSR count). The van der Waals surface area contributed by atoms with Crippen LogP contribution >= 0.6 is 0 Å². The summed E-state index contributed by atoms with van der Waals surface area (Å²) >= 11 is 0. The van der Waals surface area contributed by atoms with Crippen LogP contribution in [0, 0.1) is 29.1 Å². The second kappa shape index (κ2) is 4.21. The molecule has 5 fully saturated rings. The van der Waals surface area contributed by atoms with E-state index in [0.717, 1.165) is 37.4 Å². The summed E-state index contributed by atoms with van der Waals surface area (Å²) in [6.45, 7) is 2.74. The van der Waals surface area contributed by atoms with Crippen LogP contribution in [0.4, 0.5) is 0 Å². The van der Waals surface area contributed by atoms with Gasteiger partial charge in [0.05, 0.1) is 5.92 Å². The molecular weight excluding hydrogens is 238 g/mol. The molecule has 0 aromatic carbocycles. The molecule has 1 heterocycles. The number of hydrogen-bond donors (Lipinski definition) is 1. The van der Waals surface area contributed by atoms with Crippen LogP contribution in [0.5, 0.6) is 0 Å². The molecule has 19 heavy (non-hydrogen) atoms. The molecule has 0 aromatic rings. The van der Waals surface area contributed by atoms with Crippen molar-refractivity contribution in [1.82, 2.24) is 4.90 Å². The van der Waals surface area contributed by atoms with E-state index < -0.39 is 5.97 Å². The van der Waals surface area contributed by atoms with Gasteiger partial charge >= 0.3 is 5.97 Å². The van der Waals surface area contributed by atoms with Crippen LogP contribution in [0.2, 0.25) is 0 Å². The smallest absolute Gasteiger partial charge is 0.309 e. The summed E-state index contributed by atoms with van der Waals surface area (Å²) in [4.78, 5) is 13.2. The second-order valence-corrected chi connectivity index (χ2v) is 7.96. The maximum atomic E-state index is 10.8. The zero-order valence-electron chi connectivity index (χ0n) is 11.7. The fraction of sp³-hybridized carbons (Fsp3) is 0.938. The highest BCUT2D eigenvalue weighted by Crippen LogP contribution is 2.61. The first-order valence-corrected chi connectivity index (χ1v) is 8.07. The zero-order valence-corrected chi connectivity index (χ0v) is 11.7. The molecule has 1 aliphatic heterocycles. The van der Waals surface area contributed by atoms with Gasteiger partial charge in [-0.15, -0.1) is 0 Å². The molecule has 1 N–H and O–H groups in total. The maximum Gasteiger partial charge on any atom is 0.309 e. The molecule has 0 atom stereocenters. The number of carboxylic acids is 1. The first kappa shape index (κ1) is 12.2. The van der Waals surface area contributed by atoms with Gasteiger partial charge in [0.2, 0.25) is 0 Å². The third-order valence-corrected chi connectivity index (χ3v) is 6.43. The van der Waals surface area contributed by atoms with E-state index >= 15 is 0 Å². The Bertz CT molecular complexity index is 351. The van der Waals surface area contributed by atoms with Gasteiger partial charge in [-0.25, -0.2) is 0 Å². The number of carboxylic acid groups (broad SMARTS) is 1. The summed E-state index contributed by atoms with van der Waals surface area (Å²) in [5.74, 6) is 2.42. The Morgan fingerprint density at radius 3 is 2.05 bits per heavy atom. The topological polar surface area (TPSA) is 40.5 Å². The van der Waals surface area contributed by atoms with E-state index in [-0.39, 0.29) is 5.92 Å². The molecule has 0 radical (unpaired) electrons. The van der Waals surface area contributed by atoms with Crippen LogP contribution in [0.1, 0.15) is 44.9 Å². The summed E-state index contributed by atoms with van der Waals surface area (Å²) in [5, 5.41) is 8.92. The van der Waals surface area contributed by atoms with Gasteiger partial charge in [-0.05, 0) is 74.7 Å². The largest absolute Gasteiger partial charge is 0.481 e. The fourth-order valence-corrected chi connectivity index (χ4v) is 5.90. The number of aliphatic carboxylic acids is 1. The second-order valence-electron chi connectivity index (χ2n) is 7.96. The SMILES string of the molecule is O=C(O)C1CN(CCC23CC4CC(CC(C4)C2)C3)C1. The number of carbonyl (C=O) groups is 1. The molecule has 4 bridgehead atoms. The lowest BCUT2D eigenvalue weighted by molar-refractivity contribution is -0.148. The Morgan fingerprint density at radius 1 is 1.05 bits per heavy atom. The summed E-state index contributed by atoms with van der Waals surface area (Å²) in [6, 6.07) is 0. The van der Waals surface area contributed by atoms with E-state index in [1.54, 1.807) is 0 Å².